The highest BCUT2D eigenvalue weighted by atomic mass is 16.4. The quantitative estimate of drug-likeness (QED) is 0.759. The third-order valence-electron chi connectivity index (χ3n) is 3.32. The molecule has 0 radical (unpaired) electrons. The van der Waals surface area contributed by atoms with Gasteiger partial charge in [-0.1, -0.05) is 33.1 Å². The van der Waals surface area contributed by atoms with E-state index in [4.69, 9.17) is 0 Å². The number of carbonyl (C=O) groups is 1. The Morgan fingerprint density at radius 1 is 1.37 bits per heavy atom. The Balaban J connectivity index is 2.91. The summed E-state index contributed by atoms with van der Waals surface area (Å²) in [5.41, 5.74) is 0.850. The third-order valence-corrected chi connectivity index (χ3v) is 3.32. The van der Waals surface area contributed by atoms with Crippen LogP contribution in [0, 0.1) is 6.92 Å². The lowest BCUT2D eigenvalue weighted by Crippen LogP contribution is -2.22. The molecular formula is C14H25N3O2. The van der Waals surface area contributed by atoms with E-state index in [2.05, 4.69) is 24.3 Å². The maximum Gasteiger partial charge on any atom is 0.341 e. The zero-order valence-electron chi connectivity index (χ0n) is 12.4. The molecule has 1 aromatic rings. The normalized spacial score (nSPS) is 12.4. The van der Waals surface area contributed by atoms with Gasteiger partial charge in [-0.15, -0.1) is 0 Å². The molecule has 0 amide bonds. The molecule has 5 heteroatoms. The van der Waals surface area contributed by atoms with Crippen molar-refractivity contribution in [3.05, 3.63) is 11.3 Å². The molecule has 1 unspecified atom stereocenters. The van der Waals surface area contributed by atoms with Crippen LogP contribution in [0.15, 0.2) is 0 Å². The van der Waals surface area contributed by atoms with Crippen LogP contribution in [0.5, 0.6) is 0 Å². The highest BCUT2D eigenvalue weighted by Crippen LogP contribution is 2.22. The molecule has 0 bridgehead atoms. The smallest absolute Gasteiger partial charge is 0.341 e. The van der Waals surface area contributed by atoms with Crippen LogP contribution in [0.4, 0.5) is 5.82 Å². The first-order valence-electron chi connectivity index (χ1n) is 7.04. The van der Waals surface area contributed by atoms with Gasteiger partial charge in [0, 0.05) is 13.1 Å². The molecular weight excluding hydrogens is 242 g/mol. The van der Waals surface area contributed by atoms with Crippen LogP contribution < -0.4 is 5.32 Å². The van der Waals surface area contributed by atoms with Gasteiger partial charge in [0.2, 0.25) is 0 Å². The van der Waals surface area contributed by atoms with Gasteiger partial charge in [0.1, 0.15) is 11.4 Å². The molecule has 0 aliphatic heterocycles. The topological polar surface area (TPSA) is 67.2 Å². The number of anilines is 1. The minimum atomic E-state index is -0.918. The molecule has 1 aromatic heterocycles. The van der Waals surface area contributed by atoms with E-state index >= 15 is 0 Å². The fourth-order valence-electron chi connectivity index (χ4n) is 2.36. The molecule has 19 heavy (non-hydrogen) atoms. The van der Waals surface area contributed by atoms with Gasteiger partial charge in [-0.2, -0.15) is 5.10 Å². The van der Waals surface area contributed by atoms with Gasteiger partial charge in [0.25, 0.3) is 0 Å². The van der Waals surface area contributed by atoms with Crippen molar-refractivity contribution in [2.75, 3.05) is 5.32 Å². The number of unbranched alkanes of at least 4 members (excludes halogenated alkanes) is 1. The first-order valence-corrected chi connectivity index (χ1v) is 7.04. The maximum atomic E-state index is 11.3. The zero-order chi connectivity index (χ0) is 14.4. The molecule has 0 saturated heterocycles. The molecule has 0 aliphatic rings. The summed E-state index contributed by atoms with van der Waals surface area (Å²) < 4.78 is 1.63. The van der Waals surface area contributed by atoms with Gasteiger partial charge in [-0.25, -0.2) is 4.79 Å². The summed E-state index contributed by atoms with van der Waals surface area (Å²) >= 11 is 0. The van der Waals surface area contributed by atoms with E-state index in [1.54, 1.807) is 18.7 Å². The van der Waals surface area contributed by atoms with Crippen molar-refractivity contribution in [3.63, 3.8) is 0 Å². The first-order chi connectivity index (χ1) is 9.01. The minimum Gasteiger partial charge on any atom is -0.477 e. The fraction of sp³-hybridized carbons (Fsp3) is 0.714. The first kappa shape index (κ1) is 15.5. The zero-order valence-corrected chi connectivity index (χ0v) is 12.4. The second kappa shape index (κ2) is 7.16. The molecule has 0 fully saturated rings. The Morgan fingerprint density at radius 2 is 2.05 bits per heavy atom. The third kappa shape index (κ3) is 3.98. The summed E-state index contributed by atoms with van der Waals surface area (Å²) in [6.07, 6.45) is 5.49. The number of aromatic carboxylic acids is 1. The average Bonchev–Trinajstić information content (AvgIpc) is 2.61. The highest BCUT2D eigenvalue weighted by Gasteiger charge is 2.21. The molecule has 0 aliphatic carbocycles. The Bertz CT molecular complexity index is 427. The molecule has 2 N–H and O–H groups in total. The van der Waals surface area contributed by atoms with Crippen molar-refractivity contribution in [1.82, 2.24) is 9.78 Å². The monoisotopic (exact) mass is 267 g/mol. The summed E-state index contributed by atoms with van der Waals surface area (Å²) in [6, 6.07) is 0.317. The summed E-state index contributed by atoms with van der Waals surface area (Å²) in [5, 5.41) is 16.9. The van der Waals surface area contributed by atoms with E-state index in [1.807, 2.05) is 0 Å². The molecule has 1 rings (SSSR count). The molecule has 0 spiro atoms. The Labute approximate surface area is 115 Å². The SMILES string of the molecule is CCCCC(CCC)Nc1c(C(=O)O)c(C)nn1C. The van der Waals surface area contributed by atoms with E-state index < -0.39 is 5.97 Å². The molecule has 108 valence electrons. The van der Waals surface area contributed by atoms with Crippen molar-refractivity contribution < 1.29 is 9.90 Å². The van der Waals surface area contributed by atoms with Gasteiger partial charge >= 0.3 is 5.97 Å². The van der Waals surface area contributed by atoms with E-state index in [0.717, 1.165) is 32.1 Å². The number of carboxylic acid groups (broad SMARTS) is 1. The highest BCUT2D eigenvalue weighted by molar-refractivity contribution is 5.94. The van der Waals surface area contributed by atoms with E-state index in [1.165, 1.54) is 0 Å². The summed E-state index contributed by atoms with van der Waals surface area (Å²) in [7, 11) is 1.78. The average molecular weight is 267 g/mol. The fourth-order valence-corrected chi connectivity index (χ4v) is 2.36. The van der Waals surface area contributed by atoms with Crippen LogP contribution in [-0.4, -0.2) is 26.9 Å². The number of hydrogen-bond acceptors (Lipinski definition) is 3. The number of aryl methyl sites for hydroxylation is 2. The summed E-state index contributed by atoms with van der Waals surface area (Å²) in [6.45, 7) is 6.04. The Hall–Kier alpha value is -1.52. The number of nitrogens with zero attached hydrogens (tertiary/aromatic N) is 2. The van der Waals surface area contributed by atoms with Gasteiger partial charge < -0.3 is 10.4 Å². The second-order valence-electron chi connectivity index (χ2n) is 5.01. The lowest BCUT2D eigenvalue weighted by Gasteiger charge is -2.19. The number of hydrogen-bond donors (Lipinski definition) is 2. The van der Waals surface area contributed by atoms with Crippen molar-refractivity contribution in [3.8, 4) is 0 Å². The van der Waals surface area contributed by atoms with Crippen LogP contribution in [0.2, 0.25) is 0 Å². The van der Waals surface area contributed by atoms with E-state index in [-0.39, 0.29) is 0 Å². The van der Waals surface area contributed by atoms with Crippen LogP contribution >= 0.6 is 0 Å². The summed E-state index contributed by atoms with van der Waals surface area (Å²) in [4.78, 5) is 11.3. The number of nitrogens with one attached hydrogen (secondary N) is 1. The number of aromatic nitrogens is 2. The Kier molecular flexibility index (Phi) is 5.86. The maximum absolute atomic E-state index is 11.3. The molecule has 0 aromatic carbocycles. The van der Waals surface area contributed by atoms with E-state index in [0.29, 0.717) is 23.1 Å². The lowest BCUT2D eigenvalue weighted by atomic mass is 10.0. The van der Waals surface area contributed by atoms with E-state index in [9.17, 15) is 9.90 Å². The minimum absolute atomic E-state index is 0.292. The van der Waals surface area contributed by atoms with Crippen molar-refractivity contribution in [2.45, 2.75) is 58.9 Å². The summed E-state index contributed by atoms with van der Waals surface area (Å²) in [5.74, 6) is -0.293. The molecule has 0 saturated carbocycles. The standard InChI is InChI=1S/C14H25N3O2/c1-5-7-9-11(8-6-2)15-13-12(14(18)19)10(3)16-17(13)4/h11,15H,5-9H2,1-4H3,(H,18,19). The van der Waals surface area contributed by atoms with Gasteiger partial charge in [0.05, 0.1) is 5.69 Å². The van der Waals surface area contributed by atoms with Crippen molar-refractivity contribution >= 4 is 11.8 Å². The molecule has 1 heterocycles. The van der Waals surface area contributed by atoms with Gasteiger partial charge in [-0.3, -0.25) is 4.68 Å². The Morgan fingerprint density at radius 3 is 2.58 bits per heavy atom. The number of carboxylic acids is 1. The lowest BCUT2D eigenvalue weighted by molar-refractivity contribution is 0.0697. The number of rotatable bonds is 8. The van der Waals surface area contributed by atoms with Crippen molar-refractivity contribution in [2.24, 2.45) is 7.05 Å². The van der Waals surface area contributed by atoms with Gasteiger partial charge in [0.15, 0.2) is 0 Å². The van der Waals surface area contributed by atoms with Crippen molar-refractivity contribution in [1.29, 1.82) is 0 Å². The molecule has 1 atom stereocenters. The van der Waals surface area contributed by atoms with Crippen LogP contribution in [0.25, 0.3) is 0 Å². The van der Waals surface area contributed by atoms with Crippen LogP contribution in [-0.2, 0) is 7.05 Å². The molecule has 5 nitrogen and oxygen atoms in total. The predicted molar refractivity (Wildman–Crippen MR) is 76.7 cm³/mol. The predicted octanol–water partition coefficient (Wildman–Crippen LogP) is 3.20. The van der Waals surface area contributed by atoms with Crippen LogP contribution in [0.1, 0.15) is 62.0 Å². The largest absolute Gasteiger partial charge is 0.477 e. The van der Waals surface area contributed by atoms with Crippen LogP contribution in [0.3, 0.4) is 0 Å². The second-order valence-corrected chi connectivity index (χ2v) is 5.01. The van der Waals surface area contributed by atoms with Gasteiger partial charge in [-0.05, 0) is 19.8 Å².